The second kappa shape index (κ2) is 6.65. The number of amides is 1. The summed E-state index contributed by atoms with van der Waals surface area (Å²) in [6.07, 6.45) is 1.78. The molecular formula is C16H16N2O3. The fourth-order valence-corrected chi connectivity index (χ4v) is 1.90. The summed E-state index contributed by atoms with van der Waals surface area (Å²) in [7, 11) is 0. The minimum absolute atomic E-state index is 0.00927. The Labute approximate surface area is 122 Å². The van der Waals surface area contributed by atoms with E-state index in [2.05, 4.69) is 10.3 Å². The van der Waals surface area contributed by atoms with Gasteiger partial charge in [0.2, 0.25) is 5.91 Å². The van der Waals surface area contributed by atoms with Gasteiger partial charge in [0, 0.05) is 12.7 Å². The molecule has 2 aromatic rings. The quantitative estimate of drug-likeness (QED) is 0.879. The van der Waals surface area contributed by atoms with Crippen molar-refractivity contribution in [1.29, 1.82) is 0 Å². The van der Waals surface area contributed by atoms with Crippen LogP contribution < -0.4 is 5.32 Å². The van der Waals surface area contributed by atoms with Gasteiger partial charge >= 0.3 is 5.97 Å². The highest BCUT2D eigenvalue weighted by atomic mass is 16.4. The molecule has 0 saturated carbocycles. The molecule has 5 nitrogen and oxygen atoms in total. The number of pyridine rings is 1. The maximum atomic E-state index is 11.9. The van der Waals surface area contributed by atoms with Gasteiger partial charge < -0.3 is 10.4 Å². The molecule has 108 valence electrons. The van der Waals surface area contributed by atoms with Crippen LogP contribution in [-0.4, -0.2) is 22.0 Å². The van der Waals surface area contributed by atoms with Gasteiger partial charge in [-0.25, -0.2) is 9.78 Å². The minimum Gasteiger partial charge on any atom is -0.477 e. The SMILES string of the molecule is Cc1ccccc1CC(=O)NCc1ccc(C(=O)O)nc1. The zero-order valence-corrected chi connectivity index (χ0v) is 11.7. The Morgan fingerprint density at radius 3 is 2.57 bits per heavy atom. The third-order valence-electron chi connectivity index (χ3n) is 3.15. The van der Waals surface area contributed by atoms with E-state index < -0.39 is 5.97 Å². The van der Waals surface area contributed by atoms with Crippen molar-refractivity contribution in [2.24, 2.45) is 0 Å². The molecule has 1 aromatic heterocycles. The van der Waals surface area contributed by atoms with E-state index in [1.165, 1.54) is 12.3 Å². The Morgan fingerprint density at radius 2 is 1.95 bits per heavy atom. The second-order valence-electron chi connectivity index (χ2n) is 4.74. The van der Waals surface area contributed by atoms with E-state index in [-0.39, 0.29) is 11.6 Å². The number of nitrogens with one attached hydrogen (secondary N) is 1. The molecule has 0 aliphatic heterocycles. The normalized spacial score (nSPS) is 10.1. The predicted octanol–water partition coefficient (Wildman–Crippen LogP) is 1.95. The van der Waals surface area contributed by atoms with Crippen LogP contribution in [0.1, 0.15) is 27.2 Å². The summed E-state index contributed by atoms with van der Waals surface area (Å²) >= 11 is 0. The lowest BCUT2D eigenvalue weighted by molar-refractivity contribution is -0.120. The van der Waals surface area contributed by atoms with Crippen molar-refractivity contribution in [2.75, 3.05) is 0 Å². The molecule has 0 fully saturated rings. The molecule has 1 aromatic carbocycles. The molecule has 0 aliphatic carbocycles. The molecule has 0 aliphatic rings. The Morgan fingerprint density at radius 1 is 1.19 bits per heavy atom. The lowest BCUT2D eigenvalue weighted by atomic mass is 10.1. The summed E-state index contributed by atoms with van der Waals surface area (Å²) < 4.78 is 0. The number of benzene rings is 1. The Kier molecular flexibility index (Phi) is 4.66. The zero-order valence-electron chi connectivity index (χ0n) is 11.7. The van der Waals surface area contributed by atoms with E-state index in [9.17, 15) is 9.59 Å². The summed E-state index contributed by atoms with van der Waals surface area (Å²) in [6.45, 7) is 2.30. The van der Waals surface area contributed by atoms with Crippen LogP contribution in [0.3, 0.4) is 0 Å². The number of rotatable bonds is 5. The number of aromatic carboxylic acids is 1. The molecule has 0 spiro atoms. The van der Waals surface area contributed by atoms with Gasteiger partial charge in [0.25, 0.3) is 0 Å². The van der Waals surface area contributed by atoms with E-state index in [0.717, 1.165) is 16.7 Å². The van der Waals surface area contributed by atoms with Crippen molar-refractivity contribution in [3.8, 4) is 0 Å². The van der Waals surface area contributed by atoms with Crippen LogP contribution in [0.4, 0.5) is 0 Å². The van der Waals surface area contributed by atoms with Gasteiger partial charge in [-0.3, -0.25) is 4.79 Å². The van der Waals surface area contributed by atoms with E-state index >= 15 is 0 Å². The molecule has 0 bridgehead atoms. The van der Waals surface area contributed by atoms with Gasteiger partial charge in [0.05, 0.1) is 6.42 Å². The monoisotopic (exact) mass is 284 g/mol. The lowest BCUT2D eigenvalue weighted by Crippen LogP contribution is -2.25. The highest BCUT2D eigenvalue weighted by Crippen LogP contribution is 2.07. The van der Waals surface area contributed by atoms with Crippen LogP contribution in [0.15, 0.2) is 42.6 Å². The first-order chi connectivity index (χ1) is 10.1. The Balaban J connectivity index is 1.89. The Hall–Kier alpha value is -2.69. The molecule has 2 rings (SSSR count). The summed E-state index contributed by atoms with van der Waals surface area (Å²) in [5.41, 5.74) is 2.83. The molecular weight excluding hydrogens is 268 g/mol. The maximum Gasteiger partial charge on any atom is 0.354 e. The molecule has 1 heterocycles. The first-order valence-electron chi connectivity index (χ1n) is 6.55. The van der Waals surface area contributed by atoms with Gasteiger partial charge in [-0.05, 0) is 29.7 Å². The van der Waals surface area contributed by atoms with Gasteiger partial charge in [-0.15, -0.1) is 0 Å². The van der Waals surface area contributed by atoms with Crippen molar-refractivity contribution in [2.45, 2.75) is 19.9 Å². The highest BCUT2D eigenvalue weighted by Gasteiger charge is 2.07. The molecule has 5 heteroatoms. The van der Waals surface area contributed by atoms with Crippen molar-refractivity contribution in [3.63, 3.8) is 0 Å². The number of carboxylic acid groups (broad SMARTS) is 1. The third kappa shape index (κ3) is 4.14. The molecule has 0 radical (unpaired) electrons. The van der Waals surface area contributed by atoms with E-state index in [1.807, 2.05) is 31.2 Å². The van der Waals surface area contributed by atoms with Crippen LogP contribution in [0.5, 0.6) is 0 Å². The predicted molar refractivity (Wildman–Crippen MR) is 77.9 cm³/mol. The van der Waals surface area contributed by atoms with E-state index in [1.54, 1.807) is 6.07 Å². The zero-order chi connectivity index (χ0) is 15.2. The van der Waals surface area contributed by atoms with Crippen LogP contribution in [0.2, 0.25) is 0 Å². The summed E-state index contributed by atoms with van der Waals surface area (Å²) in [6, 6.07) is 10.8. The second-order valence-corrected chi connectivity index (χ2v) is 4.74. The Bertz CT molecular complexity index is 651. The summed E-state index contributed by atoms with van der Waals surface area (Å²) in [4.78, 5) is 26.4. The summed E-state index contributed by atoms with van der Waals surface area (Å²) in [5.74, 6) is -1.14. The highest BCUT2D eigenvalue weighted by molar-refractivity contribution is 5.85. The maximum absolute atomic E-state index is 11.9. The van der Waals surface area contributed by atoms with E-state index in [4.69, 9.17) is 5.11 Å². The number of carboxylic acids is 1. The number of carbonyl (C=O) groups excluding carboxylic acids is 1. The standard InChI is InChI=1S/C16H16N2O3/c1-11-4-2-3-5-13(11)8-15(19)18-10-12-6-7-14(16(20)21)17-9-12/h2-7,9H,8,10H2,1H3,(H,18,19)(H,20,21). The average Bonchev–Trinajstić information content (AvgIpc) is 2.48. The fourth-order valence-electron chi connectivity index (χ4n) is 1.90. The molecule has 21 heavy (non-hydrogen) atoms. The van der Waals surface area contributed by atoms with Gasteiger partial charge in [-0.1, -0.05) is 30.3 Å². The number of hydrogen-bond donors (Lipinski definition) is 2. The third-order valence-corrected chi connectivity index (χ3v) is 3.15. The first-order valence-corrected chi connectivity index (χ1v) is 6.55. The number of aromatic nitrogens is 1. The number of nitrogens with zero attached hydrogens (tertiary/aromatic N) is 1. The van der Waals surface area contributed by atoms with Gasteiger partial charge in [0.1, 0.15) is 5.69 Å². The van der Waals surface area contributed by atoms with Crippen LogP contribution >= 0.6 is 0 Å². The minimum atomic E-state index is -1.06. The average molecular weight is 284 g/mol. The first kappa shape index (κ1) is 14.7. The molecule has 2 N–H and O–H groups in total. The van der Waals surface area contributed by atoms with E-state index in [0.29, 0.717) is 13.0 Å². The number of aryl methyl sites for hydroxylation is 1. The van der Waals surface area contributed by atoms with Crippen molar-refractivity contribution >= 4 is 11.9 Å². The van der Waals surface area contributed by atoms with Gasteiger partial charge in [-0.2, -0.15) is 0 Å². The number of hydrogen-bond acceptors (Lipinski definition) is 3. The fraction of sp³-hybridized carbons (Fsp3) is 0.188. The molecule has 0 unspecified atom stereocenters. The molecule has 1 amide bonds. The van der Waals surface area contributed by atoms with Crippen LogP contribution in [-0.2, 0) is 17.8 Å². The number of carbonyl (C=O) groups is 2. The van der Waals surface area contributed by atoms with Crippen molar-refractivity contribution in [1.82, 2.24) is 10.3 Å². The van der Waals surface area contributed by atoms with Crippen LogP contribution in [0, 0.1) is 6.92 Å². The van der Waals surface area contributed by atoms with Gasteiger partial charge in [0.15, 0.2) is 0 Å². The molecule has 0 saturated heterocycles. The summed E-state index contributed by atoms with van der Waals surface area (Å²) in [5, 5.41) is 11.5. The van der Waals surface area contributed by atoms with Crippen LogP contribution in [0.25, 0.3) is 0 Å². The lowest BCUT2D eigenvalue weighted by Gasteiger charge is -2.07. The molecule has 0 atom stereocenters. The van der Waals surface area contributed by atoms with Crippen molar-refractivity contribution in [3.05, 3.63) is 65.0 Å². The topological polar surface area (TPSA) is 79.3 Å². The largest absolute Gasteiger partial charge is 0.477 e. The smallest absolute Gasteiger partial charge is 0.354 e. The van der Waals surface area contributed by atoms with Crippen molar-refractivity contribution < 1.29 is 14.7 Å².